The number of thiophene rings is 1. The van der Waals surface area contributed by atoms with Crippen LogP contribution >= 0.6 is 22.9 Å². The van der Waals surface area contributed by atoms with Crippen molar-refractivity contribution in [3.63, 3.8) is 0 Å². The van der Waals surface area contributed by atoms with E-state index >= 15 is 0 Å². The summed E-state index contributed by atoms with van der Waals surface area (Å²) in [5.41, 5.74) is 2.61. The van der Waals surface area contributed by atoms with E-state index in [1.54, 1.807) is 23.7 Å². The molecule has 3 nitrogen and oxygen atoms in total. The topological polar surface area (TPSA) is 33.2 Å². The monoisotopic (exact) mass is 424 g/mol. The second kappa shape index (κ2) is 8.72. The Labute approximate surface area is 177 Å². The zero-order valence-electron chi connectivity index (χ0n) is 15.5. The van der Waals surface area contributed by atoms with Gasteiger partial charge in [0.1, 0.15) is 5.82 Å². The van der Waals surface area contributed by atoms with Crippen LogP contribution in [0.25, 0.3) is 10.1 Å². The molecule has 29 heavy (non-hydrogen) atoms. The predicted molar refractivity (Wildman–Crippen MR) is 118 cm³/mol. The maximum atomic E-state index is 13.1. The molecule has 0 bridgehead atoms. The molecule has 0 aliphatic rings. The summed E-state index contributed by atoms with van der Waals surface area (Å²) < 4.78 is 14.1. The van der Waals surface area contributed by atoms with Crippen molar-refractivity contribution in [2.45, 2.75) is 12.8 Å². The summed E-state index contributed by atoms with van der Waals surface area (Å²) in [5.74, 6) is -0.327. The number of hydrogen-bond acceptors (Lipinski definition) is 4. The van der Waals surface area contributed by atoms with E-state index in [0.29, 0.717) is 24.9 Å². The van der Waals surface area contributed by atoms with Gasteiger partial charge in [-0.15, -0.1) is 11.3 Å². The van der Waals surface area contributed by atoms with Gasteiger partial charge in [-0.2, -0.15) is 0 Å². The standard InChI is InChI=1S/C23H18ClFN2OS/c24-20-4-1-3-19-21(15-29-23(19)20)27(18-10-12-26-13-11-18)14-2-5-22(28)16-6-8-17(25)9-7-16/h1,3-4,6-13,15H,2,5,14H2. The largest absolute Gasteiger partial charge is 0.340 e. The third kappa shape index (κ3) is 4.31. The smallest absolute Gasteiger partial charge is 0.162 e. The molecule has 2 aromatic heterocycles. The average Bonchev–Trinajstić information content (AvgIpc) is 3.17. The van der Waals surface area contributed by atoms with E-state index in [1.807, 2.05) is 24.3 Å². The Morgan fingerprint density at radius 1 is 1.07 bits per heavy atom. The van der Waals surface area contributed by atoms with Gasteiger partial charge in [-0.1, -0.05) is 23.7 Å². The lowest BCUT2D eigenvalue weighted by atomic mass is 10.1. The van der Waals surface area contributed by atoms with Crippen LogP contribution in [0.1, 0.15) is 23.2 Å². The summed E-state index contributed by atoms with van der Waals surface area (Å²) in [6.07, 6.45) is 4.56. The molecule has 4 rings (SSSR count). The molecule has 0 saturated heterocycles. The van der Waals surface area contributed by atoms with Crippen molar-refractivity contribution >= 4 is 50.2 Å². The molecule has 0 saturated carbocycles. The van der Waals surface area contributed by atoms with Gasteiger partial charge in [-0.25, -0.2) is 4.39 Å². The molecule has 0 aliphatic heterocycles. The normalized spacial score (nSPS) is 11.0. The number of ketones is 1. The number of fused-ring (bicyclic) bond motifs is 1. The fraction of sp³-hybridized carbons (Fsp3) is 0.130. The van der Waals surface area contributed by atoms with Crippen molar-refractivity contribution in [1.82, 2.24) is 4.98 Å². The van der Waals surface area contributed by atoms with Gasteiger partial charge in [-0.05, 0) is 48.9 Å². The zero-order valence-corrected chi connectivity index (χ0v) is 17.1. The van der Waals surface area contributed by atoms with Crippen LogP contribution in [0.4, 0.5) is 15.8 Å². The number of carbonyl (C=O) groups is 1. The van der Waals surface area contributed by atoms with Crippen LogP contribution in [-0.4, -0.2) is 17.3 Å². The Balaban J connectivity index is 1.56. The molecule has 0 amide bonds. The van der Waals surface area contributed by atoms with Gasteiger partial charge in [-0.3, -0.25) is 9.78 Å². The fourth-order valence-corrected chi connectivity index (χ4v) is 4.58. The molecule has 0 unspecified atom stereocenters. The molecular formula is C23H18ClFN2OS. The lowest BCUT2D eigenvalue weighted by Crippen LogP contribution is -2.19. The van der Waals surface area contributed by atoms with Crippen LogP contribution in [0.3, 0.4) is 0 Å². The van der Waals surface area contributed by atoms with Gasteiger partial charge in [0.15, 0.2) is 5.78 Å². The van der Waals surface area contributed by atoms with Gasteiger partial charge < -0.3 is 4.90 Å². The quantitative estimate of drug-likeness (QED) is 0.303. The lowest BCUT2D eigenvalue weighted by Gasteiger charge is -2.24. The van der Waals surface area contributed by atoms with Crippen LogP contribution in [0.5, 0.6) is 0 Å². The number of Topliss-reactive ketones (excluding diaryl/α,β-unsaturated/α-hetero) is 1. The minimum Gasteiger partial charge on any atom is -0.340 e. The van der Waals surface area contributed by atoms with Crippen molar-refractivity contribution in [3.05, 3.63) is 88.8 Å². The zero-order chi connectivity index (χ0) is 20.2. The third-order valence-corrected chi connectivity index (χ3v) is 6.19. The molecule has 2 aromatic carbocycles. The average molecular weight is 425 g/mol. The van der Waals surface area contributed by atoms with Crippen LogP contribution in [0.2, 0.25) is 5.02 Å². The summed E-state index contributed by atoms with van der Waals surface area (Å²) in [4.78, 5) is 18.8. The van der Waals surface area contributed by atoms with Gasteiger partial charge in [0.25, 0.3) is 0 Å². The number of hydrogen-bond donors (Lipinski definition) is 0. The Bertz CT molecular complexity index is 1130. The van der Waals surface area contributed by atoms with Crippen LogP contribution < -0.4 is 4.90 Å². The first-order valence-corrected chi connectivity index (χ1v) is 10.5. The van der Waals surface area contributed by atoms with Crippen molar-refractivity contribution in [2.75, 3.05) is 11.4 Å². The van der Waals surface area contributed by atoms with Gasteiger partial charge >= 0.3 is 0 Å². The molecule has 0 atom stereocenters. The molecule has 4 aromatic rings. The maximum Gasteiger partial charge on any atom is 0.162 e. The molecule has 146 valence electrons. The molecule has 2 heterocycles. The van der Waals surface area contributed by atoms with E-state index < -0.39 is 0 Å². The number of carbonyl (C=O) groups excluding carboxylic acids is 1. The third-order valence-electron chi connectivity index (χ3n) is 4.75. The van der Waals surface area contributed by atoms with E-state index in [0.717, 1.165) is 26.5 Å². The summed E-state index contributed by atoms with van der Waals surface area (Å²) >= 11 is 7.97. The molecule has 6 heteroatoms. The number of pyridine rings is 1. The van der Waals surface area contributed by atoms with Gasteiger partial charge in [0.05, 0.1) is 15.4 Å². The highest BCUT2D eigenvalue weighted by Crippen LogP contribution is 2.39. The van der Waals surface area contributed by atoms with Crippen molar-refractivity contribution in [1.29, 1.82) is 0 Å². The van der Waals surface area contributed by atoms with Gasteiger partial charge in [0.2, 0.25) is 0 Å². The first kappa shape index (κ1) is 19.6. The minimum atomic E-state index is -0.339. The van der Waals surface area contributed by atoms with Crippen molar-refractivity contribution in [3.8, 4) is 0 Å². The number of halogens is 2. The molecule has 0 N–H and O–H groups in total. The first-order chi connectivity index (χ1) is 14.1. The second-order valence-electron chi connectivity index (χ2n) is 6.63. The molecule has 0 radical (unpaired) electrons. The molecule has 0 aliphatic carbocycles. The number of aromatic nitrogens is 1. The van der Waals surface area contributed by atoms with E-state index in [1.165, 1.54) is 24.3 Å². The Kier molecular flexibility index (Phi) is 5.88. The summed E-state index contributed by atoms with van der Waals surface area (Å²) in [6.45, 7) is 0.662. The van der Waals surface area contributed by atoms with Crippen molar-refractivity contribution < 1.29 is 9.18 Å². The SMILES string of the molecule is O=C(CCCN(c1ccncc1)c1csc2c(Cl)cccc12)c1ccc(F)cc1. The first-order valence-electron chi connectivity index (χ1n) is 9.25. The number of benzene rings is 2. The number of nitrogens with zero attached hydrogens (tertiary/aromatic N) is 2. The van der Waals surface area contributed by atoms with Crippen LogP contribution in [0.15, 0.2) is 72.4 Å². The summed E-state index contributed by atoms with van der Waals surface area (Å²) in [7, 11) is 0. The van der Waals surface area contributed by atoms with E-state index in [-0.39, 0.29) is 11.6 Å². The van der Waals surface area contributed by atoms with Crippen LogP contribution in [-0.2, 0) is 0 Å². The maximum absolute atomic E-state index is 13.1. The molecule has 0 spiro atoms. The van der Waals surface area contributed by atoms with E-state index in [2.05, 4.69) is 21.3 Å². The highest BCUT2D eigenvalue weighted by molar-refractivity contribution is 7.18. The Hall–Kier alpha value is -2.76. The Morgan fingerprint density at radius 3 is 2.59 bits per heavy atom. The van der Waals surface area contributed by atoms with Crippen LogP contribution in [0, 0.1) is 5.82 Å². The fourth-order valence-electron chi connectivity index (χ4n) is 3.31. The molecular weight excluding hydrogens is 407 g/mol. The number of anilines is 2. The van der Waals surface area contributed by atoms with Crippen molar-refractivity contribution in [2.24, 2.45) is 0 Å². The lowest BCUT2D eigenvalue weighted by molar-refractivity contribution is 0.0981. The predicted octanol–water partition coefficient (Wildman–Crippen LogP) is 6.89. The highest BCUT2D eigenvalue weighted by atomic mass is 35.5. The van der Waals surface area contributed by atoms with E-state index in [4.69, 9.17) is 11.6 Å². The second-order valence-corrected chi connectivity index (χ2v) is 7.91. The number of rotatable bonds is 7. The Morgan fingerprint density at radius 2 is 1.83 bits per heavy atom. The molecule has 0 fully saturated rings. The summed E-state index contributed by atoms with van der Waals surface area (Å²) in [5, 5.41) is 3.92. The highest BCUT2D eigenvalue weighted by Gasteiger charge is 2.16. The van der Waals surface area contributed by atoms with E-state index in [9.17, 15) is 9.18 Å². The summed E-state index contributed by atoms with van der Waals surface area (Å²) in [6, 6.07) is 15.5. The minimum absolute atomic E-state index is 0.0119. The van der Waals surface area contributed by atoms with Gasteiger partial charge in [0, 0.05) is 47.4 Å².